The molecular formula is C36H39N5O4. The largest absolute Gasteiger partial charge is 0.489 e. The van der Waals surface area contributed by atoms with Crippen LogP contribution >= 0.6 is 0 Å². The first kappa shape index (κ1) is 31.5. The third-order valence-corrected chi connectivity index (χ3v) is 7.71. The molecule has 2 heterocycles. The Hall–Kier alpha value is -4.94. The molecule has 45 heavy (non-hydrogen) atoms. The van der Waals surface area contributed by atoms with Crippen LogP contribution in [0.15, 0.2) is 72.9 Å². The number of nitriles is 1. The number of carbonyl (C=O) groups is 1. The van der Waals surface area contributed by atoms with Crippen LogP contribution in [0, 0.1) is 11.3 Å². The molecule has 0 aliphatic carbocycles. The maximum absolute atomic E-state index is 13.1. The highest BCUT2D eigenvalue weighted by atomic mass is 16.6. The topological polar surface area (TPSA) is 121 Å². The van der Waals surface area contributed by atoms with Gasteiger partial charge in [-0.05, 0) is 73.7 Å². The fourth-order valence-electron chi connectivity index (χ4n) is 5.28. The minimum absolute atomic E-state index is 0.185. The van der Waals surface area contributed by atoms with Crippen molar-refractivity contribution >= 4 is 23.4 Å². The van der Waals surface area contributed by atoms with Gasteiger partial charge in [-0.1, -0.05) is 51.1 Å². The number of benzene rings is 3. The summed E-state index contributed by atoms with van der Waals surface area (Å²) in [7, 11) is 0. The highest BCUT2D eigenvalue weighted by molar-refractivity contribution is 5.95. The van der Waals surface area contributed by atoms with E-state index in [4.69, 9.17) is 14.5 Å². The molecule has 0 saturated heterocycles. The zero-order chi connectivity index (χ0) is 32.4. The molecule has 4 aromatic rings. The van der Waals surface area contributed by atoms with Gasteiger partial charge >= 0.3 is 6.09 Å². The van der Waals surface area contributed by atoms with E-state index in [1.807, 2.05) is 37.3 Å². The number of aromatic nitrogens is 2. The van der Waals surface area contributed by atoms with Gasteiger partial charge in [-0.2, -0.15) is 5.26 Å². The standard InChI is InChI=1S/C36H39N5O4/c1-23(2)25-12-10-24(11-13-25)20-44-29-9-7-8-28(18-29)39-33-38-15-14-31(40-33)26-16-27(19-37)32-30(17-26)36(6,22-42)21-41(32)34(43)45-35(3,4)5/h7-18,23,42H,20-22H2,1-6H3,(H,38,39,40). The summed E-state index contributed by atoms with van der Waals surface area (Å²) in [6.07, 6.45) is 1.08. The molecule has 0 bridgehead atoms. The summed E-state index contributed by atoms with van der Waals surface area (Å²) < 4.78 is 11.7. The van der Waals surface area contributed by atoms with Crippen LogP contribution in [0.1, 0.15) is 69.7 Å². The number of nitrogens with zero attached hydrogens (tertiary/aromatic N) is 4. The molecule has 1 unspecified atom stereocenters. The summed E-state index contributed by atoms with van der Waals surface area (Å²) in [5.74, 6) is 1.56. The van der Waals surface area contributed by atoms with Gasteiger partial charge in [0.25, 0.3) is 0 Å². The van der Waals surface area contributed by atoms with Gasteiger partial charge in [0, 0.05) is 35.5 Å². The van der Waals surface area contributed by atoms with Gasteiger partial charge in [0.1, 0.15) is 24.0 Å². The summed E-state index contributed by atoms with van der Waals surface area (Å²) in [4.78, 5) is 23.7. The molecule has 2 N–H and O–H groups in total. The molecule has 3 aromatic carbocycles. The molecule has 0 saturated carbocycles. The molecule has 1 aliphatic heterocycles. The van der Waals surface area contributed by atoms with Crippen molar-refractivity contribution in [1.82, 2.24) is 9.97 Å². The Morgan fingerprint density at radius 3 is 2.56 bits per heavy atom. The van der Waals surface area contributed by atoms with Crippen LogP contribution in [0.2, 0.25) is 0 Å². The number of carbonyl (C=O) groups excluding carboxylic acids is 1. The third kappa shape index (κ3) is 7.08. The fraction of sp³-hybridized carbons (Fsp3) is 0.333. The molecule has 1 aromatic heterocycles. The molecule has 9 heteroatoms. The van der Waals surface area contributed by atoms with E-state index in [2.05, 4.69) is 54.5 Å². The highest BCUT2D eigenvalue weighted by Crippen LogP contribution is 2.45. The van der Waals surface area contributed by atoms with E-state index in [0.717, 1.165) is 11.3 Å². The van der Waals surface area contributed by atoms with Gasteiger partial charge < -0.3 is 19.9 Å². The van der Waals surface area contributed by atoms with Gasteiger partial charge in [-0.25, -0.2) is 14.8 Å². The van der Waals surface area contributed by atoms with E-state index in [1.54, 1.807) is 39.1 Å². The van der Waals surface area contributed by atoms with Crippen LogP contribution < -0.4 is 15.0 Å². The third-order valence-electron chi connectivity index (χ3n) is 7.71. The zero-order valence-electron chi connectivity index (χ0n) is 26.6. The number of anilines is 3. The first-order valence-electron chi connectivity index (χ1n) is 15.0. The maximum atomic E-state index is 13.1. The number of hydrogen-bond donors (Lipinski definition) is 2. The van der Waals surface area contributed by atoms with Crippen molar-refractivity contribution in [3.63, 3.8) is 0 Å². The number of aliphatic hydroxyl groups is 1. The van der Waals surface area contributed by atoms with E-state index in [-0.39, 0.29) is 13.2 Å². The number of amides is 1. The van der Waals surface area contributed by atoms with Crippen LogP contribution in [0.5, 0.6) is 5.75 Å². The zero-order valence-corrected chi connectivity index (χ0v) is 26.6. The van der Waals surface area contributed by atoms with E-state index in [0.29, 0.717) is 52.3 Å². The monoisotopic (exact) mass is 605 g/mol. The second kappa shape index (κ2) is 12.6. The van der Waals surface area contributed by atoms with Crippen LogP contribution in [-0.4, -0.2) is 39.9 Å². The fourth-order valence-corrected chi connectivity index (χ4v) is 5.28. The minimum atomic E-state index is -0.793. The second-order valence-corrected chi connectivity index (χ2v) is 12.9. The Balaban J connectivity index is 1.38. The molecule has 1 atom stereocenters. The average molecular weight is 606 g/mol. The molecule has 5 rings (SSSR count). The van der Waals surface area contributed by atoms with Gasteiger partial charge in [-0.15, -0.1) is 0 Å². The molecule has 0 radical (unpaired) electrons. The van der Waals surface area contributed by atoms with Gasteiger partial charge in [0.15, 0.2) is 0 Å². The summed E-state index contributed by atoms with van der Waals surface area (Å²) in [5, 5.41) is 23.8. The van der Waals surface area contributed by atoms with Crippen LogP contribution in [-0.2, 0) is 16.8 Å². The van der Waals surface area contributed by atoms with E-state index >= 15 is 0 Å². The summed E-state index contributed by atoms with van der Waals surface area (Å²) >= 11 is 0. The van der Waals surface area contributed by atoms with Crippen LogP contribution in [0.4, 0.5) is 22.1 Å². The smallest absolute Gasteiger partial charge is 0.414 e. The highest BCUT2D eigenvalue weighted by Gasteiger charge is 2.44. The number of nitrogens with one attached hydrogen (secondary N) is 1. The summed E-state index contributed by atoms with van der Waals surface area (Å²) in [6.45, 7) is 12.0. The molecular weight excluding hydrogens is 566 g/mol. The van der Waals surface area contributed by atoms with Gasteiger partial charge in [0.05, 0.1) is 23.6 Å². The lowest BCUT2D eigenvalue weighted by molar-refractivity contribution is 0.0575. The Kier molecular flexibility index (Phi) is 8.80. The summed E-state index contributed by atoms with van der Waals surface area (Å²) in [6, 6.07) is 23.6. The van der Waals surface area contributed by atoms with Crippen LogP contribution in [0.25, 0.3) is 11.3 Å². The Bertz CT molecular complexity index is 1740. The number of fused-ring (bicyclic) bond motifs is 1. The van der Waals surface area contributed by atoms with E-state index < -0.39 is 17.1 Å². The first-order chi connectivity index (χ1) is 21.4. The summed E-state index contributed by atoms with van der Waals surface area (Å²) in [5.41, 5.74) is 4.31. The van der Waals surface area contributed by atoms with Crippen molar-refractivity contribution in [2.24, 2.45) is 0 Å². The normalized spacial score (nSPS) is 15.8. The van der Waals surface area contributed by atoms with Crippen molar-refractivity contribution in [3.8, 4) is 23.1 Å². The van der Waals surface area contributed by atoms with E-state index in [1.165, 1.54) is 10.5 Å². The minimum Gasteiger partial charge on any atom is -0.489 e. The van der Waals surface area contributed by atoms with Crippen molar-refractivity contribution < 1.29 is 19.4 Å². The quantitative estimate of drug-likeness (QED) is 0.212. The predicted octanol–water partition coefficient (Wildman–Crippen LogP) is 7.47. The molecule has 0 fully saturated rings. The number of rotatable bonds is 8. The molecule has 1 amide bonds. The number of ether oxygens (including phenoxy) is 2. The maximum Gasteiger partial charge on any atom is 0.414 e. The molecule has 1 aliphatic rings. The van der Waals surface area contributed by atoms with Crippen molar-refractivity contribution in [1.29, 1.82) is 5.26 Å². The van der Waals surface area contributed by atoms with Gasteiger partial charge in [-0.3, -0.25) is 4.90 Å². The van der Waals surface area contributed by atoms with E-state index in [9.17, 15) is 15.2 Å². The molecule has 0 spiro atoms. The lowest BCUT2D eigenvalue weighted by atomic mass is 9.83. The van der Waals surface area contributed by atoms with Crippen molar-refractivity contribution in [2.45, 2.75) is 65.1 Å². The van der Waals surface area contributed by atoms with Crippen molar-refractivity contribution in [3.05, 3.63) is 95.2 Å². The Labute approximate surface area is 264 Å². The van der Waals surface area contributed by atoms with Crippen LogP contribution in [0.3, 0.4) is 0 Å². The first-order valence-corrected chi connectivity index (χ1v) is 15.0. The SMILES string of the molecule is CC(C)c1ccc(COc2cccc(Nc3nccc(-c4cc(C#N)c5c(c4)C(C)(CO)CN5C(=O)OC(C)(C)C)n3)c2)cc1. The lowest BCUT2D eigenvalue weighted by Gasteiger charge is -2.26. The van der Waals surface area contributed by atoms with Crippen molar-refractivity contribution in [2.75, 3.05) is 23.4 Å². The number of hydrogen-bond acceptors (Lipinski definition) is 8. The Morgan fingerprint density at radius 2 is 1.89 bits per heavy atom. The molecule has 232 valence electrons. The second-order valence-electron chi connectivity index (χ2n) is 12.9. The predicted molar refractivity (Wildman–Crippen MR) is 175 cm³/mol. The van der Waals surface area contributed by atoms with Gasteiger partial charge in [0.2, 0.25) is 5.95 Å². The molecule has 9 nitrogen and oxygen atoms in total. The lowest BCUT2D eigenvalue weighted by Crippen LogP contribution is -2.40. The number of aliphatic hydroxyl groups excluding tert-OH is 1. The average Bonchev–Trinajstić information content (AvgIpc) is 3.32. The Morgan fingerprint density at radius 1 is 1.13 bits per heavy atom.